The van der Waals surface area contributed by atoms with E-state index in [-0.39, 0.29) is 0 Å². The van der Waals surface area contributed by atoms with Crippen molar-refractivity contribution in [1.29, 1.82) is 0 Å². The average molecular weight is 148 g/mol. The quantitative estimate of drug-likeness (QED) is 0.595. The molecule has 1 aromatic carbocycles. The van der Waals surface area contributed by atoms with Crippen LogP contribution in [0.15, 0.2) is 18.2 Å². The first-order valence-electron chi connectivity index (χ1n) is 4.03. The first-order chi connectivity index (χ1) is 5.27. The molecule has 2 bridgehead atoms. The van der Waals surface area contributed by atoms with Gasteiger partial charge in [-0.1, -0.05) is 19.9 Å². The average Bonchev–Trinajstić information content (AvgIpc) is 2.06. The van der Waals surface area contributed by atoms with Crippen molar-refractivity contribution in [2.45, 2.75) is 26.4 Å². The van der Waals surface area contributed by atoms with E-state index in [1.165, 1.54) is 11.1 Å². The highest BCUT2D eigenvalue weighted by molar-refractivity contribution is 5.40. The molecule has 2 aliphatic heterocycles. The standard InChI is InChI=1S/C10H12O/c1-7(2)10-5-9-4-3-8(10)6-11-9/h3-5,7H,6H2,1-2H3. The second-order valence-electron chi connectivity index (χ2n) is 3.30. The summed E-state index contributed by atoms with van der Waals surface area (Å²) in [7, 11) is 0. The van der Waals surface area contributed by atoms with Crippen LogP contribution < -0.4 is 4.74 Å². The zero-order valence-corrected chi connectivity index (χ0v) is 6.92. The predicted molar refractivity (Wildman–Crippen MR) is 44.9 cm³/mol. The Morgan fingerprint density at radius 1 is 1.36 bits per heavy atom. The summed E-state index contributed by atoms with van der Waals surface area (Å²) in [6.45, 7) is 5.21. The van der Waals surface area contributed by atoms with Crippen LogP contribution in [0.1, 0.15) is 30.9 Å². The third-order valence-corrected chi connectivity index (χ3v) is 2.13. The first kappa shape index (κ1) is 6.71. The Balaban J connectivity index is 2.52. The molecule has 3 rings (SSSR count). The van der Waals surface area contributed by atoms with Crippen molar-refractivity contribution >= 4 is 0 Å². The van der Waals surface area contributed by atoms with Crippen molar-refractivity contribution in [2.24, 2.45) is 0 Å². The number of fused-ring (bicyclic) bond motifs is 3. The van der Waals surface area contributed by atoms with Crippen molar-refractivity contribution in [3.05, 3.63) is 29.3 Å². The third kappa shape index (κ3) is 1.01. The molecule has 58 valence electrons. The van der Waals surface area contributed by atoms with Gasteiger partial charge in [-0.25, -0.2) is 0 Å². The second kappa shape index (κ2) is 2.26. The topological polar surface area (TPSA) is 9.23 Å². The maximum absolute atomic E-state index is 5.37. The lowest BCUT2D eigenvalue weighted by molar-refractivity contribution is 0.291. The molecule has 0 saturated heterocycles. The normalized spacial score (nSPS) is 13.7. The van der Waals surface area contributed by atoms with Gasteiger partial charge in [0.15, 0.2) is 0 Å². The molecule has 1 aromatic rings. The molecule has 0 aliphatic carbocycles. The van der Waals surface area contributed by atoms with Gasteiger partial charge < -0.3 is 4.74 Å². The lowest BCUT2D eigenvalue weighted by Crippen LogP contribution is -2.07. The summed E-state index contributed by atoms with van der Waals surface area (Å²) in [6.07, 6.45) is 0. The maximum atomic E-state index is 5.37. The van der Waals surface area contributed by atoms with Gasteiger partial charge in [-0.15, -0.1) is 0 Å². The summed E-state index contributed by atoms with van der Waals surface area (Å²) < 4.78 is 5.37. The molecule has 2 aliphatic rings. The van der Waals surface area contributed by atoms with Crippen LogP contribution in [0.2, 0.25) is 0 Å². The van der Waals surface area contributed by atoms with Gasteiger partial charge >= 0.3 is 0 Å². The lowest BCUT2D eigenvalue weighted by Gasteiger charge is -2.20. The van der Waals surface area contributed by atoms with E-state index in [1.54, 1.807) is 0 Å². The predicted octanol–water partition coefficient (Wildman–Crippen LogP) is 2.70. The van der Waals surface area contributed by atoms with E-state index < -0.39 is 0 Å². The van der Waals surface area contributed by atoms with E-state index >= 15 is 0 Å². The summed E-state index contributed by atoms with van der Waals surface area (Å²) in [5, 5.41) is 0. The van der Waals surface area contributed by atoms with E-state index in [0.29, 0.717) is 5.92 Å². The SMILES string of the molecule is CC(C)c1cc2ccc1CO2. The molecule has 0 atom stereocenters. The number of benzene rings is 1. The highest BCUT2D eigenvalue weighted by Gasteiger charge is 2.13. The highest BCUT2D eigenvalue weighted by Crippen LogP contribution is 2.29. The number of ether oxygens (including phenoxy) is 1. The summed E-state index contributed by atoms with van der Waals surface area (Å²) in [4.78, 5) is 0. The number of hydrogen-bond acceptors (Lipinski definition) is 1. The fourth-order valence-electron chi connectivity index (χ4n) is 1.49. The minimum atomic E-state index is 0.619. The van der Waals surface area contributed by atoms with Crippen LogP contribution in [0.25, 0.3) is 0 Å². The third-order valence-electron chi connectivity index (χ3n) is 2.13. The van der Waals surface area contributed by atoms with Gasteiger partial charge in [0, 0.05) is 0 Å². The van der Waals surface area contributed by atoms with Gasteiger partial charge in [-0.05, 0) is 29.2 Å². The van der Waals surface area contributed by atoms with Crippen molar-refractivity contribution in [3.63, 3.8) is 0 Å². The van der Waals surface area contributed by atoms with Gasteiger partial charge in [-0.3, -0.25) is 0 Å². The van der Waals surface area contributed by atoms with Crippen molar-refractivity contribution < 1.29 is 4.74 Å². The van der Waals surface area contributed by atoms with E-state index in [2.05, 4.69) is 26.0 Å². The molecular weight excluding hydrogens is 136 g/mol. The molecule has 2 heterocycles. The molecule has 1 nitrogen and oxygen atoms in total. The molecule has 0 spiro atoms. The van der Waals surface area contributed by atoms with Crippen molar-refractivity contribution in [2.75, 3.05) is 0 Å². The summed E-state index contributed by atoms with van der Waals surface area (Å²) >= 11 is 0. The minimum absolute atomic E-state index is 0.619. The van der Waals surface area contributed by atoms with E-state index in [9.17, 15) is 0 Å². The Morgan fingerprint density at radius 3 is 2.45 bits per heavy atom. The second-order valence-corrected chi connectivity index (χ2v) is 3.30. The van der Waals surface area contributed by atoms with E-state index in [0.717, 1.165) is 12.4 Å². The molecule has 0 radical (unpaired) electrons. The van der Waals surface area contributed by atoms with Crippen molar-refractivity contribution in [1.82, 2.24) is 0 Å². The summed E-state index contributed by atoms with van der Waals surface area (Å²) in [5.41, 5.74) is 2.78. The van der Waals surface area contributed by atoms with Crippen LogP contribution in [0.3, 0.4) is 0 Å². The van der Waals surface area contributed by atoms with Crippen LogP contribution >= 0.6 is 0 Å². The molecule has 0 aromatic heterocycles. The number of hydrogen-bond donors (Lipinski definition) is 0. The molecule has 0 saturated carbocycles. The van der Waals surface area contributed by atoms with Gasteiger partial charge in [0.25, 0.3) is 0 Å². The highest BCUT2D eigenvalue weighted by atomic mass is 16.5. The van der Waals surface area contributed by atoms with Crippen LogP contribution in [0, 0.1) is 0 Å². The van der Waals surface area contributed by atoms with E-state index in [1.807, 2.05) is 6.07 Å². The van der Waals surface area contributed by atoms with Gasteiger partial charge in [0.2, 0.25) is 0 Å². The molecule has 0 amide bonds. The summed E-state index contributed by atoms with van der Waals surface area (Å²) in [6, 6.07) is 6.34. The van der Waals surface area contributed by atoms with Crippen LogP contribution in [0.4, 0.5) is 0 Å². The lowest BCUT2D eigenvalue weighted by atomic mass is 9.96. The number of rotatable bonds is 1. The Labute approximate surface area is 67.0 Å². The fourth-order valence-corrected chi connectivity index (χ4v) is 1.49. The smallest absolute Gasteiger partial charge is 0.120 e. The first-order valence-corrected chi connectivity index (χ1v) is 4.03. The van der Waals surface area contributed by atoms with Crippen molar-refractivity contribution in [3.8, 4) is 5.75 Å². The van der Waals surface area contributed by atoms with Crippen LogP contribution in [-0.4, -0.2) is 0 Å². The Bertz CT molecular complexity index is 276. The van der Waals surface area contributed by atoms with Crippen LogP contribution in [0.5, 0.6) is 5.75 Å². The zero-order chi connectivity index (χ0) is 7.84. The van der Waals surface area contributed by atoms with Gasteiger partial charge in [0.1, 0.15) is 12.4 Å². The van der Waals surface area contributed by atoms with Crippen LogP contribution in [-0.2, 0) is 6.61 Å². The fraction of sp³-hybridized carbons (Fsp3) is 0.400. The zero-order valence-electron chi connectivity index (χ0n) is 6.92. The molecule has 11 heavy (non-hydrogen) atoms. The molecule has 0 fully saturated rings. The molecular formula is C10H12O. The molecule has 1 heteroatoms. The van der Waals surface area contributed by atoms with Gasteiger partial charge in [0.05, 0.1) is 0 Å². The Morgan fingerprint density at radius 2 is 2.18 bits per heavy atom. The Hall–Kier alpha value is -0.980. The molecule has 0 N–H and O–H groups in total. The maximum Gasteiger partial charge on any atom is 0.120 e. The molecule has 0 unspecified atom stereocenters. The summed E-state index contributed by atoms with van der Waals surface area (Å²) in [5.74, 6) is 1.64. The Kier molecular flexibility index (Phi) is 1.38. The minimum Gasteiger partial charge on any atom is -0.489 e. The monoisotopic (exact) mass is 148 g/mol. The largest absolute Gasteiger partial charge is 0.489 e. The van der Waals surface area contributed by atoms with Gasteiger partial charge in [-0.2, -0.15) is 0 Å². The van der Waals surface area contributed by atoms with E-state index in [4.69, 9.17) is 4.74 Å².